The number of nitrogen functional groups attached to an aromatic ring is 1. The molecule has 2 aromatic rings. The van der Waals surface area contributed by atoms with Crippen LogP contribution in [0.15, 0.2) is 24.3 Å². The Balaban J connectivity index is 2.20. The van der Waals surface area contributed by atoms with Crippen LogP contribution in [0.4, 0.5) is 10.3 Å². The molecule has 0 aliphatic heterocycles. The van der Waals surface area contributed by atoms with Crippen molar-refractivity contribution in [3.63, 3.8) is 0 Å². The highest BCUT2D eigenvalue weighted by atomic mass is 32.1. The average Bonchev–Trinajstić information content (AvgIpc) is 2.74. The first-order valence-corrected chi connectivity index (χ1v) is 6.00. The van der Waals surface area contributed by atoms with E-state index >= 15 is 0 Å². The molecule has 1 aromatic heterocycles. The molecule has 0 radical (unpaired) electrons. The molecule has 0 atom stereocenters. The molecule has 5 nitrogen and oxygen atoms in total. The Morgan fingerprint density at radius 2 is 2.18 bits per heavy atom. The fraction of sp³-hybridized carbons (Fsp3) is 0.182. The second-order valence-corrected chi connectivity index (χ2v) is 4.42. The Morgan fingerprint density at radius 3 is 2.82 bits per heavy atom. The van der Waals surface area contributed by atoms with Crippen LogP contribution in [0.5, 0.6) is 0 Å². The first-order chi connectivity index (χ1) is 8.20. The Kier molecular flexibility index (Phi) is 3.34. The van der Waals surface area contributed by atoms with Gasteiger partial charge in [0, 0.05) is 5.56 Å². The highest BCUT2D eigenvalue weighted by Gasteiger charge is 2.11. The molecule has 0 spiro atoms. The molecule has 0 saturated carbocycles. The number of aromatic nitrogens is 2. The molecule has 0 unspecified atom stereocenters. The quantitative estimate of drug-likeness (QED) is 0.869. The van der Waals surface area contributed by atoms with Gasteiger partial charge in [-0.05, 0) is 18.1 Å². The molecule has 2 rings (SSSR count). The molecule has 0 fully saturated rings. The number of aryl methyl sites for hydroxylation is 1. The fourth-order valence-corrected chi connectivity index (χ4v) is 2.00. The standard InChI is InChI=1S/C11H12N4OS/c1-2-7-5-3-4-6-8(7)9(16)13-11-15-14-10(12)17-11/h3-6H,2H2,1H3,(H2,12,14)(H,13,15,16). The van der Waals surface area contributed by atoms with Crippen LogP contribution >= 0.6 is 11.3 Å². The van der Waals surface area contributed by atoms with Gasteiger partial charge >= 0.3 is 0 Å². The molecular formula is C11H12N4OS. The van der Waals surface area contributed by atoms with Crippen LogP contribution in [0.25, 0.3) is 0 Å². The van der Waals surface area contributed by atoms with Gasteiger partial charge < -0.3 is 5.73 Å². The summed E-state index contributed by atoms with van der Waals surface area (Å²) in [5, 5.41) is 10.8. The first kappa shape index (κ1) is 11.5. The number of rotatable bonds is 3. The topological polar surface area (TPSA) is 80.9 Å². The second kappa shape index (κ2) is 4.92. The number of nitrogens with zero attached hydrogens (tertiary/aromatic N) is 2. The lowest BCUT2D eigenvalue weighted by Crippen LogP contribution is -2.13. The second-order valence-electron chi connectivity index (χ2n) is 3.41. The third-order valence-corrected chi connectivity index (χ3v) is 2.97. The zero-order chi connectivity index (χ0) is 12.3. The van der Waals surface area contributed by atoms with E-state index in [4.69, 9.17) is 5.73 Å². The van der Waals surface area contributed by atoms with Crippen molar-refractivity contribution in [3.05, 3.63) is 35.4 Å². The average molecular weight is 248 g/mol. The maximum absolute atomic E-state index is 12.0. The van der Waals surface area contributed by atoms with Crippen LogP contribution in [0.1, 0.15) is 22.8 Å². The van der Waals surface area contributed by atoms with E-state index in [-0.39, 0.29) is 5.91 Å². The fourth-order valence-electron chi connectivity index (χ4n) is 1.50. The summed E-state index contributed by atoms with van der Waals surface area (Å²) < 4.78 is 0. The summed E-state index contributed by atoms with van der Waals surface area (Å²) in [5.74, 6) is -0.182. The number of anilines is 2. The SMILES string of the molecule is CCc1ccccc1C(=O)Nc1nnc(N)s1. The number of nitrogens with one attached hydrogen (secondary N) is 1. The smallest absolute Gasteiger partial charge is 0.257 e. The Morgan fingerprint density at radius 1 is 1.41 bits per heavy atom. The summed E-state index contributed by atoms with van der Waals surface area (Å²) in [6.45, 7) is 2.01. The van der Waals surface area contributed by atoms with E-state index in [2.05, 4.69) is 15.5 Å². The Hall–Kier alpha value is -1.95. The van der Waals surface area contributed by atoms with Crippen LogP contribution in [-0.2, 0) is 6.42 Å². The summed E-state index contributed by atoms with van der Waals surface area (Å²) in [4.78, 5) is 12.0. The van der Waals surface area contributed by atoms with Crippen LogP contribution in [-0.4, -0.2) is 16.1 Å². The van der Waals surface area contributed by atoms with Gasteiger partial charge in [-0.2, -0.15) is 0 Å². The van der Waals surface area contributed by atoms with Crippen LogP contribution < -0.4 is 11.1 Å². The van der Waals surface area contributed by atoms with Crippen LogP contribution in [0.2, 0.25) is 0 Å². The monoisotopic (exact) mass is 248 g/mol. The van der Waals surface area contributed by atoms with Gasteiger partial charge in [-0.25, -0.2) is 0 Å². The summed E-state index contributed by atoms with van der Waals surface area (Å²) in [6, 6.07) is 7.48. The van der Waals surface area contributed by atoms with E-state index in [0.29, 0.717) is 15.8 Å². The van der Waals surface area contributed by atoms with E-state index in [1.54, 1.807) is 6.07 Å². The summed E-state index contributed by atoms with van der Waals surface area (Å²) >= 11 is 1.15. The van der Waals surface area contributed by atoms with Gasteiger partial charge in [0.05, 0.1) is 0 Å². The zero-order valence-corrected chi connectivity index (χ0v) is 10.1. The van der Waals surface area contributed by atoms with Crippen molar-refractivity contribution >= 4 is 27.5 Å². The number of carbonyl (C=O) groups excluding carboxylic acids is 1. The predicted octanol–water partition coefficient (Wildman–Crippen LogP) is 1.93. The van der Waals surface area contributed by atoms with Gasteiger partial charge in [-0.15, -0.1) is 10.2 Å². The number of carbonyl (C=O) groups is 1. The maximum atomic E-state index is 12.0. The number of nitrogens with two attached hydrogens (primary N) is 1. The van der Waals surface area contributed by atoms with E-state index < -0.39 is 0 Å². The van der Waals surface area contributed by atoms with Gasteiger partial charge in [0.15, 0.2) is 0 Å². The molecule has 0 aliphatic rings. The van der Waals surface area contributed by atoms with E-state index in [0.717, 1.165) is 23.3 Å². The number of hydrogen-bond donors (Lipinski definition) is 2. The lowest BCUT2D eigenvalue weighted by Gasteiger charge is -2.06. The molecule has 1 aromatic carbocycles. The Labute approximate surface area is 103 Å². The number of amides is 1. The third-order valence-electron chi connectivity index (χ3n) is 2.30. The molecule has 1 heterocycles. The van der Waals surface area contributed by atoms with Crippen LogP contribution in [0.3, 0.4) is 0 Å². The number of hydrogen-bond acceptors (Lipinski definition) is 5. The molecule has 1 amide bonds. The van der Waals surface area contributed by atoms with Gasteiger partial charge in [0.25, 0.3) is 5.91 Å². The summed E-state index contributed by atoms with van der Waals surface area (Å²) in [6.07, 6.45) is 0.807. The summed E-state index contributed by atoms with van der Waals surface area (Å²) in [5.41, 5.74) is 7.10. The van der Waals surface area contributed by atoms with Crippen molar-refractivity contribution in [2.75, 3.05) is 11.1 Å². The maximum Gasteiger partial charge on any atom is 0.257 e. The van der Waals surface area contributed by atoms with Crippen molar-refractivity contribution in [2.45, 2.75) is 13.3 Å². The lowest BCUT2D eigenvalue weighted by molar-refractivity contribution is 0.102. The van der Waals surface area contributed by atoms with Gasteiger partial charge in [0.2, 0.25) is 10.3 Å². The molecule has 6 heteroatoms. The van der Waals surface area contributed by atoms with Crippen molar-refractivity contribution in [3.8, 4) is 0 Å². The molecule has 17 heavy (non-hydrogen) atoms. The normalized spacial score (nSPS) is 10.2. The zero-order valence-electron chi connectivity index (χ0n) is 9.30. The van der Waals surface area contributed by atoms with Crippen molar-refractivity contribution in [1.82, 2.24) is 10.2 Å². The molecule has 0 saturated heterocycles. The Bertz CT molecular complexity index is 538. The van der Waals surface area contributed by atoms with Gasteiger partial charge in [0.1, 0.15) is 0 Å². The van der Waals surface area contributed by atoms with Gasteiger partial charge in [-0.1, -0.05) is 36.5 Å². The molecule has 0 aliphatic carbocycles. The van der Waals surface area contributed by atoms with Crippen molar-refractivity contribution in [1.29, 1.82) is 0 Å². The minimum atomic E-state index is -0.182. The highest BCUT2D eigenvalue weighted by Crippen LogP contribution is 2.18. The predicted molar refractivity (Wildman–Crippen MR) is 68.1 cm³/mol. The van der Waals surface area contributed by atoms with Crippen molar-refractivity contribution in [2.24, 2.45) is 0 Å². The third kappa shape index (κ3) is 2.59. The molecule has 88 valence electrons. The molecule has 3 N–H and O–H groups in total. The van der Waals surface area contributed by atoms with E-state index in [1.807, 2.05) is 25.1 Å². The van der Waals surface area contributed by atoms with E-state index in [9.17, 15) is 4.79 Å². The minimum absolute atomic E-state index is 0.182. The van der Waals surface area contributed by atoms with Gasteiger partial charge in [-0.3, -0.25) is 10.1 Å². The highest BCUT2D eigenvalue weighted by molar-refractivity contribution is 7.19. The van der Waals surface area contributed by atoms with Crippen LogP contribution in [0, 0.1) is 0 Å². The number of benzene rings is 1. The largest absolute Gasteiger partial charge is 0.374 e. The van der Waals surface area contributed by atoms with E-state index in [1.165, 1.54) is 0 Å². The minimum Gasteiger partial charge on any atom is -0.374 e. The summed E-state index contributed by atoms with van der Waals surface area (Å²) in [7, 11) is 0. The first-order valence-electron chi connectivity index (χ1n) is 5.19. The lowest BCUT2D eigenvalue weighted by atomic mass is 10.1. The molecular weight excluding hydrogens is 236 g/mol. The molecule has 0 bridgehead atoms. The van der Waals surface area contributed by atoms with Crippen molar-refractivity contribution < 1.29 is 4.79 Å².